The van der Waals surface area contributed by atoms with E-state index in [1.165, 1.54) is 18.1 Å². The summed E-state index contributed by atoms with van der Waals surface area (Å²) in [4.78, 5) is 7.78. The quantitative estimate of drug-likeness (QED) is 0.610. The smallest absolute Gasteiger partial charge is 0.156 e. The zero-order valence-corrected chi connectivity index (χ0v) is 9.35. The van der Waals surface area contributed by atoms with Crippen LogP contribution in [0.15, 0.2) is 11.4 Å². The topological polar surface area (TPSA) is 72.0 Å². The number of hydrogen-bond acceptors (Lipinski definition) is 5. The van der Waals surface area contributed by atoms with E-state index in [2.05, 4.69) is 9.97 Å². The molecule has 0 aromatic carbocycles. The summed E-state index contributed by atoms with van der Waals surface area (Å²) in [5.74, 6) is 0. The molecule has 0 aliphatic rings. The molecule has 1 unspecified atom stereocenters. The third-order valence-electron chi connectivity index (χ3n) is 1.65. The van der Waals surface area contributed by atoms with Crippen molar-refractivity contribution in [2.75, 3.05) is 12.3 Å². The van der Waals surface area contributed by atoms with Gasteiger partial charge in [0.1, 0.15) is 17.0 Å². The second-order valence-corrected chi connectivity index (χ2v) is 4.61. The lowest BCUT2D eigenvalue weighted by Crippen LogP contribution is -2.02. The lowest BCUT2D eigenvalue weighted by Gasteiger charge is -2.10. The second-order valence-electron chi connectivity index (χ2n) is 2.82. The van der Waals surface area contributed by atoms with Crippen LogP contribution in [0.3, 0.4) is 0 Å². The number of nitrogens with two attached hydrogens (primary N) is 1. The van der Waals surface area contributed by atoms with Crippen molar-refractivity contribution < 1.29 is 5.11 Å². The van der Waals surface area contributed by atoms with Gasteiger partial charge in [0.2, 0.25) is 0 Å². The summed E-state index contributed by atoms with van der Waals surface area (Å²) in [7, 11) is 0. The third kappa shape index (κ3) is 3.01. The summed E-state index contributed by atoms with van der Waals surface area (Å²) in [6.45, 7) is 2.16. The molecule has 6 heteroatoms. The Morgan fingerprint density at radius 2 is 2.36 bits per heavy atom. The first-order chi connectivity index (χ1) is 6.65. The molecule has 1 rings (SSSR count). The Balaban J connectivity index is 2.71. The Labute approximate surface area is 91.9 Å². The Morgan fingerprint density at radius 1 is 1.64 bits per heavy atom. The number of nitrogen functional groups attached to an aromatic ring is 1. The molecule has 3 N–H and O–H groups in total. The molecular formula is C8H12ClN3OS. The van der Waals surface area contributed by atoms with Gasteiger partial charge in [0, 0.05) is 11.9 Å². The first-order valence-electron chi connectivity index (χ1n) is 4.18. The Kier molecular flexibility index (Phi) is 4.44. The van der Waals surface area contributed by atoms with Gasteiger partial charge in [-0.15, -0.1) is 11.8 Å². The van der Waals surface area contributed by atoms with Gasteiger partial charge in [-0.3, -0.25) is 0 Å². The highest BCUT2D eigenvalue weighted by atomic mass is 35.5. The first kappa shape index (κ1) is 11.6. The number of thioether (sulfide) groups is 1. The highest BCUT2D eigenvalue weighted by molar-refractivity contribution is 8.00. The van der Waals surface area contributed by atoms with Crippen molar-refractivity contribution >= 4 is 29.1 Å². The van der Waals surface area contributed by atoms with E-state index in [1.807, 2.05) is 6.92 Å². The minimum Gasteiger partial charge on any atom is -0.396 e. The monoisotopic (exact) mass is 233 g/mol. The summed E-state index contributed by atoms with van der Waals surface area (Å²) in [5.41, 5.74) is 6.09. The van der Waals surface area contributed by atoms with Crippen LogP contribution in [0, 0.1) is 0 Å². The van der Waals surface area contributed by atoms with E-state index < -0.39 is 0 Å². The molecule has 0 radical (unpaired) electrons. The molecule has 0 aliphatic carbocycles. The predicted molar refractivity (Wildman–Crippen MR) is 58.5 cm³/mol. The van der Waals surface area contributed by atoms with Gasteiger partial charge < -0.3 is 10.8 Å². The molecule has 0 saturated heterocycles. The van der Waals surface area contributed by atoms with Gasteiger partial charge >= 0.3 is 0 Å². The number of rotatable bonds is 4. The molecule has 0 amide bonds. The van der Waals surface area contributed by atoms with Crippen molar-refractivity contribution in [3.05, 3.63) is 11.5 Å². The zero-order chi connectivity index (χ0) is 10.6. The largest absolute Gasteiger partial charge is 0.396 e. The first-order valence-corrected chi connectivity index (χ1v) is 5.44. The maximum Gasteiger partial charge on any atom is 0.156 e. The number of halogens is 1. The SMILES string of the molecule is CC(CCO)Sc1ncnc(Cl)c1N. The second kappa shape index (κ2) is 5.38. The fraction of sp³-hybridized carbons (Fsp3) is 0.500. The number of aliphatic hydroxyl groups excluding tert-OH is 1. The summed E-state index contributed by atoms with van der Waals surface area (Å²) >= 11 is 7.22. The van der Waals surface area contributed by atoms with Crippen LogP contribution in [0.4, 0.5) is 5.69 Å². The van der Waals surface area contributed by atoms with Gasteiger partial charge in [0.25, 0.3) is 0 Å². The van der Waals surface area contributed by atoms with Crippen LogP contribution in [0.2, 0.25) is 5.15 Å². The lowest BCUT2D eigenvalue weighted by molar-refractivity contribution is 0.289. The van der Waals surface area contributed by atoms with E-state index in [1.54, 1.807) is 0 Å². The minimum absolute atomic E-state index is 0.160. The molecule has 0 bridgehead atoms. The summed E-state index contributed by atoms with van der Waals surface area (Å²) in [6.07, 6.45) is 2.08. The fourth-order valence-corrected chi connectivity index (χ4v) is 2.01. The standard InChI is InChI=1S/C8H12ClN3OS/c1-5(2-3-13)14-8-6(10)7(9)11-4-12-8/h4-5,13H,2-3,10H2,1H3. The van der Waals surface area contributed by atoms with Crippen LogP contribution < -0.4 is 5.73 Å². The van der Waals surface area contributed by atoms with Crippen LogP contribution in [0.5, 0.6) is 0 Å². The van der Waals surface area contributed by atoms with Gasteiger partial charge in [-0.25, -0.2) is 9.97 Å². The lowest BCUT2D eigenvalue weighted by atomic mass is 10.3. The molecule has 14 heavy (non-hydrogen) atoms. The maximum atomic E-state index is 8.74. The molecule has 0 saturated carbocycles. The van der Waals surface area contributed by atoms with Crippen LogP contribution >= 0.6 is 23.4 Å². The van der Waals surface area contributed by atoms with E-state index in [0.717, 1.165) is 0 Å². The zero-order valence-electron chi connectivity index (χ0n) is 7.77. The molecule has 78 valence electrons. The average Bonchev–Trinajstić information content (AvgIpc) is 2.13. The average molecular weight is 234 g/mol. The van der Waals surface area contributed by atoms with Gasteiger partial charge in [0.05, 0.1) is 0 Å². The maximum absolute atomic E-state index is 8.74. The molecule has 1 aromatic rings. The Hall–Kier alpha value is -0.520. The van der Waals surface area contributed by atoms with Crippen molar-refractivity contribution in [2.24, 2.45) is 0 Å². The fourth-order valence-electron chi connectivity index (χ4n) is 0.885. The summed E-state index contributed by atoms with van der Waals surface area (Å²) in [5, 5.41) is 9.94. The number of aliphatic hydroxyl groups is 1. The summed E-state index contributed by atoms with van der Waals surface area (Å²) in [6, 6.07) is 0. The van der Waals surface area contributed by atoms with Gasteiger partial charge in [-0.2, -0.15) is 0 Å². The normalized spacial score (nSPS) is 12.8. The van der Waals surface area contributed by atoms with Crippen molar-refractivity contribution in [2.45, 2.75) is 23.6 Å². The predicted octanol–water partition coefficient (Wildman–Crippen LogP) is 1.58. The minimum atomic E-state index is 0.160. The summed E-state index contributed by atoms with van der Waals surface area (Å²) < 4.78 is 0. The van der Waals surface area contributed by atoms with Crippen LogP contribution in [-0.4, -0.2) is 26.9 Å². The molecule has 4 nitrogen and oxygen atoms in total. The molecule has 1 atom stereocenters. The van der Waals surface area contributed by atoms with E-state index >= 15 is 0 Å². The van der Waals surface area contributed by atoms with Gasteiger partial charge in [-0.1, -0.05) is 18.5 Å². The molecular weight excluding hydrogens is 222 g/mol. The molecule has 0 aliphatic heterocycles. The number of hydrogen-bond donors (Lipinski definition) is 2. The highest BCUT2D eigenvalue weighted by Crippen LogP contribution is 2.30. The van der Waals surface area contributed by atoms with Crippen LogP contribution in [0.1, 0.15) is 13.3 Å². The van der Waals surface area contributed by atoms with Gasteiger partial charge in [-0.05, 0) is 6.42 Å². The van der Waals surface area contributed by atoms with E-state index in [-0.39, 0.29) is 17.0 Å². The number of aromatic nitrogens is 2. The van der Waals surface area contributed by atoms with Gasteiger partial charge in [0.15, 0.2) is 5.15 Å². The van der Waals surface area contributed by atoms with Crippen molar-refractivity contribution in [1.82, 2.24) is 9.97 Å². The third-order valence-corrected chi connectivity index (χ3v) is 3.14. The number of anilines is 1. The molecule has 1 heterocycles. The van der Waals surface area contributed by atoms with Crippen molar-refractivity contribution in [3.63, 3.8) is 0 Å². The van der Waals surface area contributed by atoms with E-state index in [0.29, 0.717) is 17.1 Å². The van der Waals surface area contributed by atoms with E-state index in [4.69, 9.17) is 22.4 Å². The molecule has 0 spiro atoms. The Bertz CT molecular complexity index is 311. The van der Waals surface area contributed by atoms with Crippen molar-refractivity contribution in [3.8, 4) is 0 Å². The van der Waals surface area contributed by atoms with Crippen molar-refractivity contribution in [1.29, 1.82) is 0 Å². The van der Waals surface area contributed by atoms with Crippen LogP contribution in [-0.2, 0) is 0 Å². The Morgan fingerprint density at radius 3 is 3.00 bits per heavy atom. The van der Waals surface area contributed by atoms with E-state index in [9.17, 15) is 0 Å². The molecule has 0 fully saturated rings. The molecule has 1 aromatic heterocycles. The number of nitrogens with zero attached hydrogens (tertiary/aromatic N) is 2. The highest BCUT2D eigenvalue weighted by Gasteiger charge is 2.10. The van der Waals surface area contributed by atoms with Crippen LogP contribution in [0.25, 0.3) is 0 Å².